The van der Waals surface area contributed by atoms with E-state index in [0.29, 0.717) is 22.4 Å². The molecule has 0 radical (unpaired) electrons. The number of hydrogen-bond acceptors (Lipinski definition) is 3. The molecule has 2 aromatic rings. The van der Waals surface area contributed by atoms with Crippen LogP contribution in [0.1, 0.15) is 23.6 Å². The Morgan fingerprint density at radius 1 is 1.09 bits per heavy atom. The molecule has 2 aromatic carbocycles. The van der Waals surface area contributed by atoms with Crippen LogP contribution in [0, 0.1) is 11.6 Å². The second-order valence-corrected chi connectivity index (χ2v) is 7.03. The van der Waals surface area contributed by atoms with Gasteiger partial charge in [-0.15, -0.1) is 0 Å². The summed E-state index contributed by atoms with van der Waals surface area (Å²) < 4.78 is 52.6. The summed E-state index contributed by atoms with van der Waals surface area (Å²) in [7, 11) is -3.64. The zero-order valence-corrected chi connectivity index (χ0v) is 13.1. The lowest BCUT2D eigenvalue weighted by molar-refractivity contribution is 0.449. The van der Waals surface area contributed by atoms with Crippen LogP contribution >= 0.6 is 0 Å². The molecular weight excluding hydrogens is 322 g/mol. The van der Waals surface area contributed by atoms with Crippen LogP contribution in [-0.4, -0.2) is 25.1 Å². The molecular formula is C16H14F2N2O2S. The van der Waals surface area contributed by atoms with Gasteiger partial charge in [0, 0.05) is 11.1 Å². The van der Waals surface area contributed by atoms with E-state index < -0.39 is 21.7 Å². The van der Waals surface area contributed by atoms with Gasteiger partial charge in [-0.05, 0) is 48.9 Å². The molecule has 0 N–H and O–H groups in total. The predicted molar refractivity (Wildman–Crippen MR) is 83.4 cm³/mol. The van der Waals surface area contributed by atoms with Crippen molar-refractivity contribution in [2.45, 2.75) is 12.7 Å². The topological polar surface area (TPSA) is 49.7 Å². The molecule has 0 saturated carbocycles. The summed E-state index contributed by atoms with van der Waals surface area (Å²) in [5, 5.41) is 4.20. The summed E-state index contributed by atoms with van der Waals surface area (Å²) in [5.74, 6) is -1.16. The first-order valence-electron chi connectivity index (χ1n) is 7.04. The first-order valence-corrected chi connectivity index (χ1v) is 8.65. The number of fused-ring (bicyclic) bond motifs is 1. The van der Waals surface area contributed by atoms with Gasteiger partial charge in [0.1, 0.15) is 11.6 Å². The first kappa shape index (κ1) is 15.6. The molecule has 0 aromatic heterocycles. The molecule has 4 nitrogen and oxygen atoms in total. The molecule has 1 aliphatic rings. The van der Waals surface area contributed by atoms with Crippen LogP contribution in [-0.2, 0) is 15.8 Å². The van der Waals surface area contributed by atoms with Crippen molar-refractivity contribution in [1.82, 2.24) is 4.41 Å². The Morgan fingerprint density at radius 2 is 1.74 bits per heavy atom. The molecule has 0 aliphatic carbocycles. The van der Waals surface area contributed by atoms with Crippen molar-refractivity contribution >= 4 is 15.7 Å². The Balaban J connectivity index is 2.27. The lowest BCUT2D eigenvalue weighted by atomic mass is 9.98. The molecule has 0 amide bonds. The molecule has 1 aliphatic heterocycles. The van der Waals surface area contributed by atoms with Crippen LogP contribution in [0.2, 0.25) is 0 Å². The Bertz CT molecular complexity index is 877. The molecule has 0 atom stereocenters. The van der Waals surface area contributed by atoms with Crippen molar-refractivity contribution < 1.29 is 17.2 Å². The van der Waals surface area contributed by atoms with Crippen molar-refractivity contribution in [2.24, 2.45) is 5.10 Å². The fraction of sp³-hybridized carbons (Fsp3) is 0.188. The smallest absolute Gasteiger partial charge is 0.207 e. The highest BCUT2D eigenvalue weighted by Crippen LogP contribution is 2.25. The summed E-state index contributed by atoms with van der Waals surface area (Å²) in [5.41, 5.74) is 1.69. The van der Waals surface area contributed by atoms with Gasteiger partial charge < -0.3 is 0 Å². The highest BCUT2D eigenvalue weighted by molar-refractivity contribution is 7.88. The van der Waals surface area contributed by atoms with Gasteiger partial charge >= 0.3 is 0 Å². The van der Waals surface area contributed by atoms with Crippen LogP contribution in [0.4, 0.5) is 8.78 Å². The van der Waals surface area contributed by atoms with E-state index >= 15 is 0 Å². The summed E-state index contributed by atoms with van der Waals surface area (Å²) in [6, 6.07) is 9.42. The standard InChI is InChI=1S/C16H14F2N2O2S/c1-2-20-19-16(11-3-6-13(17)7-4-11)15-9-14(18)8-5-12(15)10-23(20,21)22/h3-9H,2,10H2,1H3. The van der Waals surface area contributed by atoms with Crippen molar-refractivity contribution in [1.29, 1.82) is 0 Å². The second kappa shape index (κ2) is 5.73. The average molecular weight is 336 g/mol. The van der Waals surface area contributed by atoms with E-state index in [1.54, 1.807) is 6.92 Å². The zero-order valence-electron chi connectivity index (χ0n) is 12.3. The predicted octanol–water partition coefficient (Wildman–Crippen LogP) is 2.88. The Kier molecular flexibility index (Phi) is 3.89. The van der Waals surface area contributed by atoms with Crippen molar-refractivity contribution in [3.8, 4) is 0 Å². The van der Waals surface area contributed by atoms with Crippen LogP contribution < -0.4 is 0 Å². The molecule has 1 heterocycles. The van der Waals surface area contributed by atoms with Gasteiger partial charge in [-0.25, -0.2) is 17.2 Å². The lowest BCUT2D eigenvalue weighted by Crippen LogP contribution is -2.26. The lowest BCUT2D eigenvalue weighted by Gasteiger charge is -2.15. The van der Waals surface area contributed by atoms with E-state index in [1.165, 1.54) is 42.5 Å². The van der Waals surface area contributed by atoms with Crippen LogP contribution in [0.5, 0.6) is 0 Å². The maximum Gasteiger partial charge on any atom is 0.254 e. The number of rotatable bonds is 2. The van der Waals surface area contributed by atoms with Gasteiger partial charge in [0.15, 0.2) is 0 Å². The minimum atomic E-state index is -3.64. The number of nitrogens with zero attached hydrogens (tertiary/aromatic N) is 2. The largest absolute Gasteiger partial charge is 0.254 e. The molecule has 0 spiro atoms. The summed E-state index contributed by atoms with van der Waals surface area (Å²) in [6.45, 7) is 1.82. The highest BCUT2D eigenvalue weighted by Gasteiger charge is 2.28. The number of hydrogen-bond donors (Lipinski definition) is 0. The second-order valence-electron chi connectivity index (χ2n) is 5.15. The number of benzene rings is 2. The highest BCUT2D eigenvalue weighted by atomic mass is 32.2. The molecule has 23 heavy (non-hydrogen) atoms. The minimum absolute atomic E-state index is 0.156. The molecule has 0 bridgehead atoms. The van der Waals surface area contributed by atoms with E-state index in [9.17, 15) is 17.2 Å². The minimum Gasteiger partial charge on any atom is -0.207 e. The Hall–Kier alpha value is -2.28. The van der Waals surface area contributed by atoms with E-state index in [2.05, 4.69) is 5.10 Å². The van der Waals surface area contributed by atoms with Crippen LogP contribution in [0.15, 0.2) is 47.6 Å². The van der Waals surface area contributed by atoms with E-state index in [0.717, 1.165) is 4.41 Å². The van der Waals surface area contributed by atoms with Crippen molar-refractivity contribution in [3.05, 3.63) is 70.8 Å². The molecule has 7 heteroatoms. The number of halogens is 2. The average Bonchev–Trinajstić information content (AvgIpc) is 2.61. The number of hydrazone groups is 1. The molecule has 0 unspecified atom stereocenters. The third-order valence-electron chi connectivity index (χ3n) is 3.59. The van der Waals surface area contributed by atoms with E-state index in [-0.39, 0.29) is 12.3 Å². The Morgan fingerprint density at radius 3 is 2.39 bits per heavy atom. The molecule has 0 saturated heterocycles. The maximum absolute atomic E-state index is 13.7. The summed E-state index contributed by atoms with van der Waals surface area (Å²) in [6.07, 6.45) is 0. The zero-order chi connectivity index (χ0) is 16.6. The van der Waals surface area contributed by atoms with Gasteiger partial charge in [0.2, 0.25) is 0 Å². The van der Waals surface area contributed by atoms with Crippen LogP contribution in [0.25, 0.3) is 0 Å². The summed E-state index contributed by atoms with van der Waals surface area (Å²) in [4.78, 5) is 0. The fourth-order valence-electron chi connectivity index (χ4n) is 2.48. The molecule has 3 rings (SSSR count). The van der Waals surface area contributed by atoms with Gasteiger partial charge in [0.25, 0.3) is 10.0 Å². The maximum atomic E-state index is 13.7. The van der Waals surface area contributed by atoms with Gasteiger partial charge in [-0.1, -0.05) is 6.07 Å². The third kappa shape index (κ3) is 2.96. The third-order valence-corrected chi connectivity index (χ3v) is 5.24. The van der Waals surface area contributed by atoms with Crippen molar-refractivity contribution in [2.75, 3.05) is 6.54 Å². The van der Waals surface area contributed by atoms with Gasteiger partial charge in [-0.2, -0.15) is 9.52 Å². The van der Waals surface area contributed by atoms with Crippen molar-refractivity contribution in [3.63, 3.8) is 0 Å². The van der Waals surface area contributed by atoms with Crippen LogP contribution in [0.3, 0.4) is 0 Å². The van der Waals surface area contributed by atoms with Gasteiger partial charge in [-0.3, -0.25) is 0 Å². The molecule has 0 fully saturated rings. The normalized spacial score (nSPS) is 16.5. The SMILES string of the molecule is CCN1N=C(c2ccc(F)cc2)c2cc(F)ccc2CS1(=O)=O. The van der Waals surface area contributed by atoms with Gasteiger partial charge in [0.05, 0.1) is 18.0 Å². The molecule has 120 valence electrons. The number of sulfonamides is 1. The summed E-state index contributed by atoms with van der Waals surface area (Å²) >= 11 is 0. The van der Waals surface area contributed by atoms with E-state index in [4.69, 9.17) is 0 Å². The first-order chi connectivity index (χ1) is 10.9. The fourth-order valence-corrected chi connectivity index (χ4v) is 3.88. The van der Waals surface area contributed by atoms with E-state index in [1.807, 2.05) is 0 Å². The monoisotopic (exact) mass is 336 g/mol. The quantitative estimate of drug-likeness (QED) is 0.847. The Labute approximate surface area is 133 Å².